The largest absolute Gasteiger partial charge is 0.397 e. The zero-order valence-corrected chi connectivity index (χ0v) is 11.7. The molecule has 0 bridgehead atoms. The van der Waals surface area contributed by atoms with Crippen LogP contribution in [0.25, 0.3) is 0 Å². The van der Waals surface area contributed by atoms with Crippen LogP contribution in [0.5, 0.6) is 0 Å². The van der Waals surface area contributed by atoms with E-state index in [-0.39, 0.29) is 12.1 Å². The number of amides is 2. The van der Waals surface area contributed by atoms with Crippen LogP contribution in [0.2, 0.25) is 0 Å². The van der Waals surface area contributed by atoms with Gasteiger partial charge >= 0.3 is 6.03 Å². The highest BCUT2D eigenvalue weighted by Gasteiger charge is 2.16. The van der Waals surface area contributed by atoms with Crippen LogP contribution in [0, 0.1) is 0 Å². The fraction of sp³-hybridized carbons (Fsp3) is 0.500. The van der Waals surface area contributed by atoms with Crippen LogP contribution >= 0.6 is 15.9 Å². The van der Waals surface area contributed by atoms with Crippen molar-refractivity contribution in [1.82, 2.24) is 10.3 Å². The Kier molecular flexibility index (Phi) is 4.41. The normalized spacial score (nSPS) is 16.3. The monoisotopic (exact) mass is 312 g/mol. The molecule has 0 spiro atoms. The highest BCUT2D eigenvalue weighted by Crippen LogP contribution is 2.22. The number of aromatic nitrogens is 1. The molecule has 5 nitrogen and oxygen atoms in total. The number of nitrogens with two attached hydrogens (primary N) is 1. The Balaban J connectivity index is 1.90. The standard InChI is InChI=1S/C12H17BrN4O/c13-10-6-8(14)7-15-11(10)17-12(18)16-9-4-2-1-3-5-9/h6-7,9H,1-5,14H2,(H2,15,16,17,18). The lowest BCUT2D eigenvalue weighted by molar-refractivity contribution is 0.244. The van der Waals surface area contributed by atoms with Crippen LogP contribution in [-0.4, -0.2) is 17.1 Å². The molecule has 0 aromatic carbocycles. The zero-order valence-electron chi connectivity index (χ0n) is 10.1. The van der Waals surface area contributed by atoms with E-state index in [1.807, 2.05) is 0 Å². The van der Waals surface area contributed by atoms with E-state index < -0.39 is 0 Å². The van der Waals surface area contributed by atoms with Gasteiger partial charge in [-0.1, -0.05) is 19.3 Å². The fourth-order valence-corrected chi connectivity index (χ4v) is 2.59. The molecule has 18 heavy (non-hydrogen) atoms. The molecule has 0 aliphatic heterocycles. The lowest BCUT2D eigenvalue weighted by atomic mass is 9.96. The average molecular weight is 313 g/mol. The Bertz CT molecular complexity index is 432. The number of urea groups is 1. The average Bonchev–Trinajstić information content (AvgIpc) is 2.34. The van der Waals surface area contributed by atoms with E-state index in [0.29, 0.717) is 16.0 Å². The highest BCUT2D eigenvalue weighted by molar-refractivity contribution is 9.10. The number of nitrogens with one attached hydrogen (secondary N) is 2. The second kappa shape index (κ2) is 6.04. The van der Waals surface area contributed by atoms with Crippen LogP contribution in [-0.2, 0) is 0 Å². The van der Waals surface area contributed by atoms with E-state index in [9.17, 15) is 4.79 Å². The number of nitrogens with zero attached hydrogens (tertiary/aromatic N) is 1. The minimum atomic E-state index is -0.208. The van der Waals surface area contributed by atoms with Crippen LogP contribution in [0.4, 0.5) is 16.3 Å². The van der Waals surface area contributed by atoms with Crippen molar-refractivity contribution in [2.45, 2.75) is 38.1 Å². The maximum absolute atomic E-state index is 11.8. The van der Waals surface area contributed by atoms with Gasteiger partial charge in [-0.3, -0.25) is 5.32 Å². The molecule has 1 fully saturated rings. The Morgan fingerprint density at radius 3 is 2.78 bits per heavy atom. The first-order valence-corrected chi connectivity index (χ1v) is 6.93. The van der Waals surface area contributed by atoms with Crippen LogP contribution in [0.15, 0.2) is 16.7 Å². The van der Waals surface area contributed by atoms with Crippen molar-refractivity contribution < 1.29 is 4.79 Å². The lowest BCUT2D eigenvalue weighted by Gasteiger charge is -2.22. The summed E-state index contributed by atoms with van der Waals surface area (Å²) in [5, 5.41) is 5.69. The number of nitrogen functional groups attached to an aromatic ring is 1. The predicted octanol–water partition coefficient (Wildman–Crippen LogP) is 2.88. The maximum atomic E-state index is 11.8. The second-order valence-electron chi connectivity index (χ2n) is 4.53. The molecule has 0 atom stereocenters. The van der Waals surface area contributed by atoms with Gasteiger partial charge in [0.25, 0.3) is 0 Å². The summed E-state index contributed by atoms with van der Waals surface area (Å²) in [4.78, 5) is 15.9. The Labute approximate surface area is 115 Å². The minimum Gasteiger partial charge on any atom is -0.397 e. The quantitative estimate of drug-likeness (QED) is 0.785. The van der Waals surface area contributed by atoms with Crippen molar-refractivity contribution in [2.75, 3.05) is 11.1 Å². The SMILES string of the molecule is Nc1cnc(NC(=O)NC2CCCCC2)c(Br)c1. The predicted molar refractivity (Wildman–Crippen MR) is 75.4 cm³/mol. The van der Waals surface area contributed by atoms with Crippen LogP contribution < -0.4 is 16.4 Å². The van der Waals surface area contributed by atoms with Crippen molar-refractivity contribution in [2.24, 2.45) is 0 Å². The van der Waals surface area contributed by atoms with Gasteiger partial charge in [-0.15, -0.1) is 0 Å². The molecule has 6 heteroatoms. The summed E-state index contributed by atoms with van der Waals surface area (Å²) >= 11 is 3.32. The van der Waals surface area contributed by atoms with Crippen molar-refractivity contribution in [3.05, 3.63) is 16.7 Å². The molecule has 2 rings (SSSR count). The molecule has 1 aliphatic carbocycles. The number of anilines is 2. The van der Waals surface area contributed by atoms with E-state index in [0.717, 1.165) is 12.8 Å². The number of halogens is 1. The van der Waals surface area contributed by atoms with Gasteiger partial charge in [-0.05, 0) is 34.8 Å². The minimum absolute atomic E-state index is 0.208. The number of hydrogen-bond donors (Lipinski definition) is 3. The molecular weight excluding hydrogens is 296 g/mol. The Morgan fingerprint density at radius 1 is 1.39 bits per heavy atom. The van der Waals surface area contributed by atoms with E-state index in [1.165, 1.54) is 25.5 Å². The van der Waals surface area contributed by atoms with Gasteiger partial charge in [0, 0.05) is 6.04 Å². The third-order valence-corrected chi connectivity index (χ3v) is 3.64. The summed E-state index contributed by atoms with van der Waals surface area (Å²) < 4.78 is 0.682. The van der Waals surface area contributed by atoms with Gasteiger partial charge in [-0.2, -0.15) is 0 Å². The number of hydrogen-bond acceptors (Lipinski definition) is 3. The van der Waals surface area contributed by atoms with E-state index >= 15 is 0 Å². The van der Waals surface area contributed by atoms with Crippen molar-refractivity contribution in [3.8, 4) is 0 Å². The summed E-state index contributed by atoms with van der Waals surface area (Å²) in [6, 6.07) is 1.79. The van der Waals surface area contributed by atoms with Crippen molar-refractivity contribution in [3.63, 3.8) is 0 Å². The van der Waals surface area contributed by atoms with E-state index in [1.54, 1.807) is 6.07 Å². The second-order valence-corrected chi connectivity index (χ2v) is 5.39. The number of carbonyl (C=O) groups is 1. The first kappa shape index (κ1) is 13.1. The summed E-state index contributed by atoms with van der Waals surface area (Å²) in [5.74, 6) is 0.484. The molecule has 98 valence electrons. The van der Waals surface area contributed by atoms with Crippen molar-refractivity contribution >= 4 is 33.5 Å². The van der Waals surface area contributed by atoms with Crippen LogP contribution in [0.3, 0.4) is 0 Å². The summed E-state index contributed by atoms with van der Waals surface area (Å²) in [7, 11) is 0. The number of pyridine rings is 1. The molecule has 2 amide bonds. The van der Waals surface area contributed by atoms with Gasteiger partial charge in [-0.25, -0.2) is 9.78 Å². The molecule has 1 heterocycles. The molecule has 0 saturated heterocycles. The molecule has 4 N–H and O–H groups in total. The summed E-state index contributed by atoms with van der Waals surface area (Å²) in [5.41, 5.74) is 6.14. The lowest BCUT2D eigenvalue weighted by Crippen LogP contribution is -2.39. The van der Waals surface area contributed by atoms with Gasteiger partial charge in [0.15, 0.2) is 0 Å². The first-order valence-electron chi connectivity index (χ1n) is 6.13. The smallest absolute Gasteiger partial charge is 0.320 e. The molecule has 1 aromatic heterocycles. The molecule has 1 saturated carbocycles. The Hall–Kier alpha value is -1.30. The number of carbonyl (C=O) groups excluding carboxylic acids is 1. The third kappa shape index (κ3) is 3.60. The molecule has 1 aromatic rings. The van der Waals surface area contributed by atoms with E-state index in [2.05, 4.69) is 31.5 Å². The summed E-state index contributed by atoms with van der Waals surface area (Å²) in [6.07, 6.45) is 7.28. The first-order chi connectivity index (χ1) is 8.65. The van der Waals surface area contributed by atoms with Gasteiger partial charge in [0.05, 0.1) is 16.4 Å². The fourth-order valence-electron chi connectivity index (χ4n) is 2.12. The van der Waals surface area contributed by atoms with Crippen molar-refractivity contribution in [1.29, 1.82) is 0 Å². The zero-order chi connectivity index (χ0) is 13.0. The maximum Gasteiger partial charge on any atom is 0.320 e. The highest BCUT2D eigenvalue weighted by atomic mass is 79.9. The topological polar surface area (TPSA) is 80.0 Å². The molecule has 0 unspecified atom stereocenters. The number of rotatable bonds is 2. The van der Waals surface area contributed by atoms with Gasteiger partial charge < -0.3 is 11.1 Å². The third-order valence-electron chi connectivity index (χ3n) is 3.03. The van der Waals surface area contributed by atoms with E-state index in [4.69, 9.17) is 5.73 Å². The summed E-state index contributed by atoms with van der Waals surface area (Å²) in [6.45, 7) is 0. The molecule has 0 radical (unpaired) electrons. The van der Waals surface area contributed by atoms with Gasteiger partial charge in [0.1, 0.15) is 5.82 Å². The Morgan fingerprint density at radius 2 is 2.11 bits per heavy atom. The molecular formula is C12H17BrN4O. The van der Waals surface area contributed by atoms with Gasteiger partial charge in [0.2, 0.25) is 0 Å². The molecule has 1 aliphatic rings. The van der Waals surface area contributed by atoms with Crippen LogP contribution in [0.1, 0.15) is 32.1 Å².